The molecule has 0 saturated carbocycles. The summed E-state index contributed by atoms with van der Waals surface area (Å²) in [5.74, 6) is -1.41. The SMILES string of the molecule is CC(C)(C)OC(=O)Nc1cccn([C@@H](Cc2ccc(F)cc2)C(=O)N[C@H](CO)CCC(=O)NC(c2ccccc2)(c2ccccc2)c2ccccc2)c1=O. The monoisotopic (exact) mass is 732 g/mol. The minimum atomic E-state index is -1.17. The predicted molar refractivity (Wildman–Crippen MR) is 205 cm³/mol. The summed E-state index contributed by atoms with van der Waals surface area (Å²) >= 11 is 0. The van der Waals surface area contributed by atoms with Crippen LogP contribution in [0.3, 0.4) is 0 Å². The van der Waals surface area contributed by atoms with Crippen LogP contribution >= 0.6 is 0 Å². The smallest absolute Gasteiger partial charge is 0.412 e. The molecule has 11 heteroatoms. The number of carbonyl (C=O) groups is 3. The maximum Gasteiger partial charge on any atom is 0.412 e. The van der Waals surface area contributed by atoms with Gasteiger partial charge < -0.3 is 25.0 Å². The van der Waals surface area contributed by atoms with E-state index in [1.54, 1.807) is 20.8 Å². The van der Waals surface area contributed by atoms with Crippen molar-refractivity contribution in [3.8, 4) is 0 Å². The van der Waals surface area contributed by atoms with Crippen LogP contribution in [0.1, 0.15) is 61.9 Å². The first-order chi connectivity index (χ1) is 25.9. The van der Waals surface area contributed by atoms with Crippen LogP contribution in [0, 0.1) is 5.82 Å². The molecule has 0 saturated heterocycles. The molecule has 0 unspecified atom stereocenters. The Hall–Kier alpha value is -6.07. The maximum absolute atomic E-state index is 14.0. The molecule has 0 aliphatic carbocycles. The van der Waals surface area contributed by atoms with Gasteiger partial charge in [-0.15, -0.1) is 0 Å². The number of pyridine rings is 1. The van der Waals surface area contributed by atoms with Gasteiger partial charge in [-0.1, -0.05) is 103 Å². The molecule has 5 aromatic rings. The summed E-state index contributed by atoms with van der Waals surface area (Å²) in [5.41, 5.74) is 0.458. The van der Waals surface area contributed by atoms with Gasteiger partial charge in [-0.2, -0.15) is 0 Å². The summed E-state index contributed by atoms with van der Waals surface area (Å²) in [5, 5.41) is 19.0. The lowest BCUT2D eigenvalue weighted by molar-refractivity contribution is -0.126. The molecule has 2 atom stereocenters. The summed E-state index contributed by atoms with van der Waals surface area (Å²) in [6, 6.07) is 35.3. The molecule has 54 heavy (non-hydrogen) atoms. The fourth-order valence-corrected chi connectivity index (χ4v) is 6.29. The molecule has 4 N–H and O–H groups in total. The first-order valence-electron chi connectivity index (χ1n) is 17.7. The largest absolute Gasteiger partial charge is 0.444 e. The van der Waals surface area contributed by atoms with Gasteiger partial charge in [0.05, 0.1) is 12.6 Å². The Morgan fingerprint density at radius 2 is 1.31 bits per heavy atom. The van der Waals surface area contributed by atoms with Crippen molar-refractivity contribution in [2.75, 3.05) is 11.9 Å². The Bertz CT molecular complexity index is 1970. The van der Waals surface area contributed by atoms with Crippen molar-refractivity contribution < 1.29 is 28.6 Å². The molecule has 5 rings (SSSR count). The lowest BCUT2D eigenvalue weighted by Gasteiger charge is -2.37. The summed E-state index contributed by atoms with van der Waals surface area (Å²) in [7, 11) is 0. The van der Waals surface area contributed by atoms with Gasteiger partial charge >= 0.3 is 6.09 Å². The number of aliphatic hydroxyl groups is 1. The molecule has 0 spiro atoms. The van der Waals surface area contributed by atoms with Gasteiger partial charge in [-0.25, -0.2) is 9.18 Å². The molecule has 0 radical (unpaired) electrons. The highest BCUT2D eigenvalue weighted by Crippen LogP contribution is 2.37. The number of anilines is 1. The maximum atomic E-state index is 14.0. The van der Waals surface area contributed by atoms with E-state index in [-0.39, 0.29) is 30.9 Å². The van der Waals surface area contributed by atoms with E-state index in [0.717, 1.165) is 16.7 Å². The standard InChI is InChI=1S/C43H45FN4O6/c1-42(2,3)54-41(53)46-36-20-13-27-48(40(36)52)37(28-30-21-23-34(44)24-22-30)39(51)45-35(29-49)25-26-38(50)47-43(31-14-7-4-8-15-31,32-16-9-5-10-17-32)33-18-11-6-12-19-33/h4-24,27,35,37,49H,25-26,28-29H2,1-3H3,(H,45,51)(H,46,53)(H,47,50)/t35-,37-/m0/s1. The highest BCUT2D eigenvalue weighted by molar-refractivity contribution is 5.85. The molecule has 10 nitrogen and oxygen atoms in total. The minimum absolute atomic E-state index is 0.0196. The molecule has 280 valence electrons. The van der Waals surface area contributed by atoms with E-state index in [9.17, 15) is 28.7 Å². The summed E-state index contributed by atoms with van der Waals surface area (Å²) in [6.07, 6.45) is 0.562. The number of rotatable bonds is 14. The lowest BCUT2D eigenvalue weighted by Crippen LogP contribution is -2.48. The molecule has 0 bridgehead atoms. The third-order valence-corrected chi connectivity index (χ3v) is 8.82. The van der Waals surface area contributed by atoms with Gasteiger partial charge in [0.2, 0.25) is 11.8 Å². The number of aliphatic hydroxyl groups excluding tert-OH is 1. The molecule has 3 amide bonds. The Balaban J connectivity index is 1.38. The highest BCUT2D eigenvalue weighted by atomic mass is 19.1. The topological polar surface area (TPSA) is 139 Å². The lowest BCUT2D eigenvalue weighted by atomic mass is 9.77. The molecule has 1 heterocycles. The number of nitrogens with one attached hydrogen (secondary N) is 3. The van der Waals surface area contributed by atoms with Crippen LogP contribution in [0.2, 0.25) is 0 Å². The van der Waals surface area contributed by atoms with E-state index in [2.05, 4.69) is 16.0 Å². The Labute approximate surface area is 314 Å². The van der Waals surface area contributed by atoms with Crippen molar-refractivity contribution in [2.45, 2.75) is 63.3 Å². The molecule has 0 aliphatic heterocycles. The Morgan fingerprint density at radius 3 is 1.81 bits per heavy atom. The van der Waals surface area contributed by atoms with E-state index in [4.69, 9.17) is 4.74 Å². The van der Waals surface area contributed by atoms with Crippen LogP contribution in [0.15, 0.2) is 138 Å². The molecule has 0 aliphatic rings. The normalized spacial score (nSPS) is 12.6. The third-order valence-electron chi connectivity index (χ3n) is 8.82. The van der Waals surface area contributed by atoms with Crippen molar-refractivity contribution >= 4 is 23.6 Å². The van der Waals surface area contributed by atoms with Crippen molar-refractivity contribution in [1.29, 1.82) is 0 Å². The van der Waals surface area contributed by atoms with Crippen LogP contribution in [-0.4, -0.2) is 45.8 Å². The second-order valence-corrected chi connectivity index (χ2v) is 13.9. The van der Waals surface area contributed by atoms with Crippen LogP contribution < -0.4 is 21.5 Å². The van der Waals surface area contributed by atoms with Gasteiger partial charge in [-0.05, 0) is 73.7 Å². The van der Waals surface area contributed by atoms with Crippen molar-refractivity contribution in [2.24, 2.45) is 0 Å². The second-order valence-electron chi connectivity index (χ2n) is 13.9. The van der Waals surface area contributed by atoms with E-state index in [0.29, 0.717) is 5.56 Å². The number of ether oxygens (including phenoxy) is 1. The molecular weight excluding hydrogens is 687 g/mol. The van der Waals surface area contributed by atoms with Gasteiger partial charge in [0, 0.05) is 19.0 Å². The van der Waals surface area contributed by atoms with E-state index >= 15 is 0 Å². The van der Waals surface area contributed by atoms with Crippen LogP contribution in [0.4, 0.5) is 14.9 Å². The third kappa shape index (κ3) is 9.87. The minimum Gasteiger partial charge on any atom is -0.444 e. The average Bonchev–Trinajstić information content (AvgIpc) is 3.16. The zero-order chi connectivity index (χ0) is 38.7. The van der Waals surface area contributed by atoms with Crippen LogP contribution in [0.5, 0.6) is 0 Å². The first kappa shape index (κ1) is 39.1. The highest BCUT2D eigenvalue weighted by Gasteiger charge is 2.38. The quantitative estimate of drug-likeness (QED) is 0.0965. The number of amides is 3. The van der Waals surface area contributed by atoms with Crippen LogP contribution in [-0.2, 0) is 26.3 Å². The van der Waals surface area contributed by atoms with E-state index < -0.39 is 53.2 Å². The zero-order valence-corrected chi connectivity index (χ0v) is 30.5. The first-order valence-corrected chi connectivity index (χ1v) is 17.7. The van der Waals surface area contributed by atoms with Crippen molar-refractivity contribution in [1.82, 2.24) is 15.2 Å². The molecular formula is C43H45FN4O6. The number of hydrogen-bond acceptors (Lipinski definition) is 6. The van der Waals surface area contributed by atoms with Crippen LogP contribution in [0.25, 0.3) is 0 Å². The molecule has 4 aromatic carbocycles. The summed E-state index contributed by atoms with van der Waals surface area (Å²) in [6.45, 7) is 4.57. The predicted octanol–water partition coefficient (Wildman–Crippen LogP) is 6.48. The molecule has 1 aromatic heterocycles. The second kappa shape index (κ2) is 17.6. The van der Waals surface area contributed by atoms with E-state index in [1.165, 1.54) is 47.2 Å². The summed E-state index contributed by atoms with van der Waals surface area (Å²) in [4.78, 5) is 54.1. The number of halogens is 1. The fraction of sp³-hybridized carbons (Fsp3) is 0.256. The molecule has 0 fully saturated rings. The number of benzene rings is 4. The fourth-order valence-electron chi connectivity index (χ4n) is 6.29. The number of aromatic nitrogens is 1. The van der Waals surface area contributed by atoms with Gasteiger partial charge in [0.1, 0.15) is 28.7 Å². The number of carbonyl (C=O) groups excluding carboxylic acids is 3. The van der Waals surface area contributed by atoms with Gasteiger partial charge in [0.15, 0.2) is 0 Å². The number of hydrogen-bond donors (Lipinski definition) is 4. The Morgan fingerprint density at radius 1 is 0.778 bits per heavy atom. The van der Waals surface area contributed by atoms with Crippen molar-refractivity contribution in [3.05, 3.63) is 172 Å². The zero-order valence-electron chi connectivity index (χ0n) is 30.5. The van der Waals surface area contributed by atoms with Crippen molar-refractivity contribution in [3.63, 3.8) is 0 Å². The average molecular weight is 733 g/mol. The van der Waals surface area contributed by atoms with E-state index in [1.807, 2.05) is 91.0 Å². The summed E-state index contributed by atoms with van der Waals surface area (Å²) < 4.78 is 20.2. The van der Waals surface area contributed by atoms with Gasteiger partial charge in [-0.3, -0.25) is 19.7 Å². The van der Waals surface area contributed by atoms with Gasteiger partial charge in [0.25, 0.3) is 5.56 Å². The number of nitrogens with zero attached hydrogens (tertiary/aromatic N) is 1. The Kier molecular flexibility index (Phi) is 12.8.